The normalized spacial score (nSPS) is 10.8. The first-order valence-electron chi connectivity index (χ1n) is 6.45. The van der Waals surface area contributed by atoms with Crippen molar-refractivity contribution in [3.05, 3.63) is 53.4 Å². The molecule has 0 N–H and O–H groups in total. The second-order valence-corrected chi connectivity index (χ2v) is 4.84. The molecule has 0 aliphatic carbocycles. The van der Waals surface area contributed by atoms with E-state index in [1.807, 2.05) is 24.3 Å². The lowest BCUT2D eigenvalue weighted by atomic mass is 10.1. The summed E-state index contributed by atoms with van der Waals surface area (Å²) >= 11 is 5.99. The number of ether oxygens (including phenoxy) is 1. The van der Waals surface area contributed by atoms with Crippen LogP contribution in [0.2, 0.25) is 5.02 Å². The van der Waals surface area contributed by atoms with E-state index in [1.54, 1.807) is 23.8 Å². The molecule has 0 saturated heterocycles. The molecular weight excluding hydrogens is 290 g/mol. The summed E-state index contributed by atoms with van der Waals surface area (Å²) in [6.07, 6.45) is 4.95. The highest BCUT2D eigenvalue weighted by Crippen LogP contribution is 2.22. The highest BCUT2D eigenvalue weighted by Gasteiger charge is 2.15. The van der Waals surface area contributed by atoms with E-state index in [0.29, 0.717) is 22.8 Å². The average Bonchev–Trinajstić information content (AvgIpc) is 2.90. The van der Waals surface area contributed by atoms with Crippen LogP contribution < -0.4 is 0 Å². The highest BCUT2D eigenvalue weighted by molar-refractivity contribution is 6.30. The summed E-state index contributed by atoms with van der Waals surface area (Å²) in [6.45, 7) is 2.07. The predicted octanol–water partition coefficient (Wildman–Crippen LogP) is 3.23. The van der Waals surface area contributed by atoms with Gasteiger partial charge in [0, 0.05) is 23.0 Å². The van der Waals surface area contributed by atoms with E-state index in [-0.39, 0.29) is 0 Å². The highest BCUT2D eigenvalue weighted by atomic mass is 35.5. The molecule has 3 aromatic rings. The van der Waals surface area contributed by atoms with E-state index in [2.05, 4.69) is 10.1 Å². The molecule has 0 fully saturated rings. The van der Waals surface area contributed by atoms with Crippen LogP contribution in [0.5, 0.6) is 0 Å². The topological polar surface area (TPSA) is 56.5 Å². The first-order valence-corrected chi connectivity index (χ1v) is 6.83. The zero-order valence-corrected chi connectivity index (χ0v) is 12.0. The van der Waals surface area contributed by atoms with Gasteiger partial charge in [-0.05, 0) is 24.6 Å². The number of carbonyl (C=O) groups excluding carboxylic acids is 1. The van der Waals surface area contributed by atoms with Crippen LogP contribution in [-0.2, 0) is 4.74 Å². The lowest BCUT2D eigenvalue weighted by molar-refractivity contribution is 0.0528. The molecule has 2 heterocycles. The third-order valence-corrected chi connectivity index (χ3v) is 3.24. The molecule has 21 heavy (non-hydrogen) atoms. The Morgan fingerprint density at radius 2 is 2.19 bits per heavy atom. The van der Waals surface area contributed by atoms with Crippen molar-refractivity contribution in [1.82, 2.24) is 14.6 Å². The third kappa shape index (κ3) is 2.60. The van der Waals surface area contributed by atoms with Gasteiger partial charge in [0.1, 0.15) is 5.56 Å². The zero-order valence-electron chi connectivity index (χ0n) is 11.3. The maximum Gasteiger partial charge on any atom is 0.343 e. The molecule has 0 saturated carbocycles. The van der Waals surface area contributed by atoms with Gasteiger partial charge in [0.25, 0.3) is 0 Å². The maximum atomic E-state index is 11.8. The van der Waals surface area contributed by atoms with Gasteiger partial charge < -0.3 is 4.74 Å². The van der Waals surface area contributed by atoms with Crippen LogP contribution in [0.4, 0.5) is 0 Å². The monoisotopic (exact) mass is 301 g/mol. The zero-order chi connectivity index (χ0) is 14.8. The molecule has 1 aromatic carbocycles. The number of esters is 1. The summed E-state index contributed by atoms with van der Waals surface area (Å²) in [4.78, 5) is 16.1. The second kappa shape index (κ2) is 5.54. The van der Waals surface area contributed by atoms with Gasteiger partial charge in [0.2, 0.25) is 0 Å². The fraction of sp³-hybridized carbons (Fsp3) is 0.133. The van der Waals surface area contributed by atoms with E-state index < -0.39 is 5.97 Å². The number of halogens is 1. The molecule has 0 aliphatic heterocycles. The summed E-state index contributed by atoms with van der Waals surface area (Å²) in [5, 5.41) is 4.80. The van der Waals surface area contributed by atoms with Gasteiger partial charge in [0.05, 0.1) is 12.8 Å². The molecule has 106 valence electrons. The van der Waals surface area contributed by atoms with Gasteiger partial charge in [-0.3, -0.25) is 0 Å². The summed E-state index contributed by atoms with van der Waals surface area (Å²) < 4.78 is 6.53. The van der Waals surface area contributed by atoms with Crippen LogP contribution in [0.15, 0.2) is 42.9 Å². The van der Waals surface area contributed by atoms with Gasteiger partial charge in [0.15, 0.2) is 5.65 Å². The summed E-state index contributed by atoms with van der Waals surface area (Å²) in [5.41, 5.74) is 2.63. The minimum atomic E-state index is -0.421. The predicted molar refractivity (Wildman–Crippen MR) is 79.4 cm³/mol. The molecule has 0 spiro atoms. The maximum absolute atomic E-state index is 11.8. The van der Waals surface area contributed by atoms with Gasteiger partial charge >= 0.3 is 5.97 Å². The third-order valence-electron chi connectivity index (χ3n) is 3.01. The lowest BCUT2D eigenvalue weighted by Crippen LogP contribution is -2.04. The first-order chi connectivity index (χ1) is 10.2. The standard InChI is InChI=1S/C15H12ClN3O2/c1-2-21-15(20)13-8-18-19-9-11(7-17-14(13)19)10-4-3-5-12(16)6-10/h3-9H,2H2,1H3. The minimum Gasteiger partial charge on any atom is -0.462 e. The molecule has 3 rings (SSSR count). The number of fused-ring (bicyclic) bond motifs is 1. The fourth-order valence-corrected chi connectivity index (χ4v) is 2.23. The molecule has 0 atom stereocenters. The second-order valence-electron chi connectivity index (χ2n) is 4.40. The van der Waals surface area contributed by atoms with Crippen molar-refractivity contribution in [2.75, 3.05) is 6.61 Å². The van der Waals surface area contributed by atoms with Crippen LogP contribution >= 0.6 is 11.6 Å². The number of carbonyl (C=O) groups is 1. The Morgan fingerprint density at radius 3 is 2.95 bits per heavy atom. The van der Waals surface area contributed by atoms with Crippen LogP contribution in [0, 0.1) is 0 Å². The number of nitrogens with zero attached hydrogens (tertiary/aromatic N) is 3. The van der Waals surface area contributed by atoms with Gasteiger partial charge in [-0.25, -0.2) is 14.3 Å². The lowest BCUT2D eigenvalue weighted by Gasteiger charge is -2.03. The molecule has 5 nitrogen and oxygen atoms in total. The molecular formula is C15H12ClN3O2. The summed E-state index contributed by atoms with van der Waals surface area (Å²) in [7, 11) is 0. The molecule has 2 aromatic heterocycles. The van der Waals surface area contributed by atoms with Crippen molar-refractivity contribution in [2.24, 2.45) is 0 Å². The van der Waals surface area contributed by atoms with E-state index in [4.69, 9.17) is 16.3 Å². The van der Waals surface area contributed by atoms with Crippen molar-refractivity contribution in [1.29, 1.82) is 0 Å². The van der Waals surface area contributed by atoms with E-state index in [9.17, 15) is 4.79 Å². The molecule has 0 aliphatic rings. The smallest absolute Gasteiger partial charge is 0.343 e. The van der Waals surface area contributed by atoms with E-state index >= 15 is 0 Å². The van der Waals surface area contributed by atoms with E-state index in [0.717, 1.165) is 11.1 Å². The van der Waals surface area contributed by atoms with Crippen molar-refractivity contribution < 1.29 is 9.53 Å². The molecule has 0 bridgehead atoms. The SMILES string of the molecule is CCOC(=O)c1cnn2cc(-c3cccc(Cl)c3)cnc12. The van der Waals surface area contributed by atoms with Crippen molar-refractivity contribution in [2.45, 2.75) is 6.92 Å². The Bertz CT molecular complexity index is 814. The molecule has 6 heteroatoms. The number of benzene rings is 1. The summed E-state index contributed by atoms with van der Waals surface area (Å²) in [6, 6.07) is 7.46. The Morgan fingerprint density at radius 1 is 1.33 bits per heavy atom. The van der Waals surface area contributed by atoms with Crippen LogP contribution in [0.1, 0.15) is 17.3 Å². The van der Waals surface area contributed by atoms with E-state index in [1.165, 1.54) is 6.20 Å². The molecule has 0 radical (unpaired) electrons. The molecule has 0 unspecified atom stereocenters. The fourth-order valence-electron chi connectivity index (χ4n) is 2.04. The van der Waals surface area contributed by atoms with Crippen molar-refractivity contribution in [3.8, 4) is 11.1 Å². The Balaban J connectivity index is 2.04. The molecule has 0 amide bonds. The van der Waals surface area contributed by atoms with Crippen LogP contribution in [0.25, 0.3) is 16.8 Å². The van der Waals surface area contributed by atoms with Crippen molar-refractivity contribution >= 4 is 23.2 Å². The van der Waals surface area contributed by atoms with Crippen molar-refractivity contribution in [3.63, 3.8) is 0 Å². The number of rotatable bonds is 3. The van der Waals surface area contributed by atoms with Crippen LogP contribution in [0.3, 0.4) is 0 Å². The van der Waals surface area contributed by atoms with Gasteiger partial charge in [-0.2, -0.15) is 5.10 Å². The van der Waals surface area contributed by atoms with Crippen LogP contribution in [-0.4, -0.2) is 27.2 Å². The Labute approximate surface area is 126 Å². The van der Waals surface area contributed by atoms with Gasteiger partial charge in [-0.1, -0.05) is 23.7 Å². The average molecular weight is 302 g/mol. The largest absolute Gasteiger partial charge is 0.462 e. The summed E-state index contributed by atoms with van der Waals surface area (Å²) in [5.74, 6) is -0.421. The minimum absolute atomic E-state index is 0.316. The Kier molecular flexibility index (Phi) is 3.58. The van der Waals surface area contributed by atoms with Gasteiger partial charge in [-0.15, -0.1) is 0 Å². The quantitative estimate of drug-likeness (QED) is 0.697. The first kappa shape index (κ1) is 13.6. The Hall–Kier alpha value is -2.40. The number of aromatic nitrogens is 3. The number of hydrogen-bond donors (Lipinski definition) is 0. The number of hydrogen-bond acceptors (Lipinski definition) is 4.